The van der Waals surface area contributed by atoms with E-state index in [2.05, 4.69) is 216 Å². The second-order valence-electron chi connectivity index (χ2n) is 14.1. The maximum absolute atomic E-state index is 2.38. The van der Waals surface area contributed by atoms with Crippen LogP contribution in [0.25, 0.3) is 66.9 Å². The molecule has 8 aromatic carbocycles. The summed E-state index contributed by atoms with van der Waals surface area (Å²) in [6, 6.07) is 70.6. The van der Waals surface area contributed by atoms with E-state index in [9.17, 15) is 0 Å². The van der Waals surface area contributed by atoms with Gasteiger partial charge in [-0.15, -0.1) is 0 Å². The molecule has 0 unspecified atom stereocenters. The molecule has 9 aromatic rings. The van der Waals surface area contributed by atoms with Gasteiger partial charge in [-0.1, -0.05) is 140 Å². The van der Waals surface area contributed by atoms with Gasteiger partial charge in [-0.05, 0) is 124 Å². The van der Waals surface area contributed by atoms with E-state index >= 15 is 0 Å². The van der Waals surface area contributed by atoms with Crippen LogP contribution >= 0.6 is 0 Å². The van der Waals surface area contributed by atoms with E-state index in [1.807, 2.05) is 0 Å². The van der Waals surface area contributed by atoms with Crippen LogP contribution in [0.3, 0.4) is 0 Å². The van der Waals surface area contributed by atoms with Crippen molar-refractivity contribution in [3.05, 3.63) is 211 Å². The molecule has 0 radical (unpaired) electrons. The smallest absolute Gasteiger partial charge is 0.0541 e. The molecule has 0 amide bonds. The first-order valence-electron chi connectivity index (χ1n) is 18.8. The van der Waals surface area contributed by atoms with Crippen LogP contribution < -0.4 is 4.90 Å². The highest BCUT2D eigenvalue weighted by molar-refractivity contribution is 6.10. The van der Waals surface area contributed by atoms with E-state index in [0.29, 0.717) is 0 Å². The topological polar surface area (TPSA) is 8.17 Å². The zero-order valence-electron chi connectivity index (χ0n) is 29.9. The molecule has 0 saturated carbocycles. The van der Waals surface area contributed by atoms with Crippen LogP contribution in [-0.2, 0) is 6.42 Å². The monoisotopic (exact) mass is 690 g/mol. The van der Waals surface area contributed by atoms with Crippen LogP contribution in [0.15, 0.2) is 200 Å². The summed E-state index contributed by atoms with van der Waals surface area (Å²) in [6.07, 6.45) is 6.69. The average Bonchev–Trinajstić information content (AvgIpc) is 3.59. The van der Waals surface area contributed by atoms with Crippen molar-refractivity contribution in [1.29, 1.82) is 0 Å². The minimum absolute atomic E-state index is 1.07. The van der Waals surface area contributed by atoms with Gasteiger partial charge in [0.05, 0.1) is 11.0 Å². The van der Waals surface area contributed by atoms with Crippen molar-refractivity contribution in [2.45, 2.75) is 12.8 Å². The number of hydrogen-bond acceptors (Lipinski definition) is 1. The number of fused-ring (bicyclic) bond motifs is 4. The second kappa shape index (κ2) is 13.6. The van der Waals surface area contributed by atoms with E-state index in [1.165, 1.54) is 77.7 Å². The van der Waals surface area contributed by atoms with Crippen molar-refractivity contribution in [2.24, 2.45) is 0 Å². The molecule has 54 heavy (non-hydrogen) atoms. The number of para-hydroxylation sites is 2. The minimum Gasteiger partial charge on any atom is -0.310 e. The second-order valence-corrected chi connectivity index (χ2v) is 14.1. The summed E-state index contributed by atoms with van der Waals surface area (Å²) in [5.41, 5.74) is 17.1. The van der Waals surface area contributed by atoms with Gasteiger partial charge in [-0.3, -0.25) is 0 Å². The number of hydrogen-bond donors (Lipinski definition) is 0. The quantitative estimate of drug-likeness (QED) is 0.162. The highest BCUT2D eigenvalue weighted by atomic mass is 15.1. The van der Waals surface area contributed by atoms with Gasteiger partial charge in [0.2, 0.25) is 0 Å². The van der Waals surface area contributed by atoms with Gasteiger partial charge in [0, 0.05) is 33.5 Å². The highest BCUT2D eigenvalue weighted by Gasteiger charge is 2.17. The first-order valence-corrected chi connectivity index (χ1v) is 18.8. The normalized spacial score (nSPS) is 12.2. The van der Waals surface area contributed by atoms with Crippen molar-refractivity contribution < 1.29 is 0 Å². The van der Waals surface area contributed by atoms with Crippen LogP contribution in [0.4, 0.5) is 17.1 Å². The fourth-order valence-corrected chi connectivity index (χ4v) is 8.11. The Hall–Kier alpha value is -6.90. The Morgan fingerprint density at radius 3 is 1.59 bits per heavy atom. The molecule has 256 valence electrons. The summed E-state index contributed by atoms with van der Waals surface area (Å²) in [5, 5.41) is 2.53. The maximum Gasteiger partial charge on any atom is 0.0541 e. The summed E-state index contributed by atoms with van der Waals surface area (Å²) in [5.74, 6) is 0. The van der Waals surface area contributed by atoms with Crippen molar-refractivity contribution in [2.75, 3.05) is 4.90 Å². The Morgan fingerprint density at radius 1 is 0.389 bits per heavy atom. The summed E-state index contributed by atoms with van der Waals surface area (Å²) < 4.78 is 2.37. The molecule has 2 nitrogen and oxygen atoms in total. The lowest BCUT2D eigenvalue weighted by Crippen LogP contribution is -2.11. The molecule has 1 aliphatic rings. The zero-order valence-corrected chi connectivity index (χ0v) is 29.9. The zero-order chi connectivity index (χ0) is 35.8. The maximum atomic E-state index is 2.38. The minimum atomic E-state index is 1.07. The van der Waals surface area contributed by atoms with Crippen molar-refractivity contribution >= 4 is 44.9 Å². The van der Waals surface area contributed by atoms with Crippen LogP contribution in [0.1, 0.15) is 17.5 Å². The number of nitrogens with zero attached hydrogens (tertiary/aromatic N) is 2. The molecule has 0 spiro atoms. The number of aromatic nitrogens is 1. The predicted molar refractivity (Wildman–Crippen MR) is 229 cm³/mol. The number of aryl methyl sites for hydroxylation is 1. The number of anilines is 3. The summed E-state index contributed by atoms with van der Waals surface area (Å²) in [7, 11) is 0. The Morgan fingerprint density at radius 2 is 0.907 bits per heavy atom. The summed E-state index contributed by atoms with van der Waals surface area (Å²) >= 11 is 0. The molecule has 0 aliphatic heterocycles. The van der Waals surface area contributed by atoms with Crippen LogP contribution in [0.2, 0.25) is 0 Å². The molecule has 0 fully saturated rings. The molecule has 10 rings (SSSR count). The Bertz CT molecular complexity index is 2770. The Balaban J connectivity index is 0.967. The first kappa shape index (κ1) is 31.8. The summed E-state index contributed by atoms with van der Waals surface area (Å²) in [6.45, 7) is 0. The molecular formula is C52H38N2. The van der Waals surface area contributed by atoms with E-state index in [0.717, 1.165) is 24.2 Å². The van der Waals surface area contributed by atoms with E-state index in [4.69, 9.17) is 0 Å². The molecule has 0 atom stereocenters. The molecule has 2 heteroatoms. The first-order chi connectivity index (χ1) is 26.8. The lowest BCUT2D eigenvalue weighted by Gasteiger charge is -2.27. The number of benzene rings is 8. The molecular weight excluding hydrogens is 653 g/mol. The molecule has 0 bridgehead atoms. The van der Waals surface area contributed by atoms with E-state index < -0.39 is 0 Å². The Labute approximate surface area is 316 Å². The third-order valence-corrected chi connectivity index (χ3v) is 10.9. The van der Waals surface area contributed by atoms with Crippen molar-refractivity contribution in [1.82, 2.24) is 4.57 Å². The lowest BCUT2D eigenvalue weighted by molar-refractivity contribution is 0.984. The van der Waals surface area contributed by atoms with Crippen molar-refractivity contribution in [3.8, 4) is 39.1 Å². The number of rotatable bonds is 7. The van der Waals surface area contributed by atoms with Gasteiger partial charge in [0.15, 0.2) is 0 Å². The van der Waals surface area contributed by atoms with Gasteiger partial charge >= 0.3 is 0 Å². The third kappa shape index (κ3) is 5.79. The lowest BCUT2D eigenvalue weighted by atomic mass is 9.96. The molecule has 0 N–H and O–H groups in total. The van der Waals surface area contributed by atoms with Gasteiger partial charge in [0.1, 0.15) is 0 Å². The molecule has 0 saturated heterocycles. The van der Waals surface area contributed by atoms with Gasteiger partial charge in [0.25, 0.3) is 0 Å². The molecule has 1 heterocycles. The SMILES string of the molecule is C1=Cc2ccc(N(c3ccc(-c4ccccc4)cc3)c3ccc(-c4ccc(-c5ccc6c(c5)c5ccccc5n6-c5ccccc5)cc4)cc3)cc2CC1. The average molecular weight is 691 g/mol. The molecule has 1 aliphatic carbocycles. The van der Waals surface area contributed by atoms with Crippen molar-refractivity contribution in [3.63, 3.8) is 0 Å². The molecule has 1 aromatic heterocycles. The van der Waals surface area contributed by atoms with Crippen LogP contribution in [-0.4, -0.2) is 4.57 Å². The fourth-order valence-electron chi connectivity index (χ4n) is 8.11. The van der Waals surface area contributed by atoms with E-state index in [1.54, 1.807) is 0 Å². The Kier molecular flexibility index (Phi) is 8.00. The van der Waals surface area contributed by atoms with Gasteiger partial charge < -0.3 is 9.47 Å². The van der Waals surface area contributed by atoms with Crippen LogP contribution in [0, 0.1) is 0 Å². The third-order valence-electron chi connectivity index (χ3n) is 10.9. The number of allylic oxidation sites excluding steroid dienone is 1. The largest absolute Gasteiger partial charge is 0.310 e. The standard InChI is InChI=1S/C52H38N2/c1-3-11-37(12-4-1)40-23-29-46(30-24-40)53(48-33-27-38-13-7-8-14-43(38)35-48)47-31-25-41(26-32-47)39-19-21-42(22-20-39)44-28-34-52-50(36-44)49-17-9-10-18-51(49)54(52)45-15-5-2-6-16-45/h1-7,9-13,15-36H,8,14H2. The van der Waals surface area contributed by atoms with Crippen LogP contribution in [0.5, 0.6) is 0 Å². The van der Waals surface area contributed by atoms with Gasteiger partial charge in [-0.25, -0.2) is 0 Å². The van der Waals surface area contributed by atoms with Gasteiger partial charge in [-0.2, -0.15) is 0 Å². The summed E-state index contributed by atoms with van der Waals surface area (Å²) in [4.78, 5) is 2.38. The fraction of sp³-hybridized carbons (Fsp3) is 0.0385. The predicted octanol–water partition coefficient (Wildman–Crippen LogP) is 14.2. The van der Waals surface area contributed by atoms with E-state index in [-0.39, 0.29) is 0 Å². The highest BCUT2D eigenvalue weighted by Crippen LogP contribution is 2.39.